The first-order valence-corrected chi connectivity index (χ1v) is 13.4. The van der Waals surface area contributed by atoms with Crippen molar-refractivity contribution >= 4 is 27.6 Å². The average Bonchev–Trinajstić information content (AvgIpc) is 3.67. The fraction of sp³-hybridized carbons (Fsp3) is 0.440. The van der Waals surface area contributed by atoms with E-state index in [0.29, 0.717) is 12.2 Å². The van der Waals surface area contributed by atoms with Crippen molar-refractivity contribution in [1.29, 1.82) is 0 Å². The molecule has 0 atom stereocenters. The summed E-state index contributed by atoms with van der Waals surface area (Å²) < 4.78 is 64.8. The number of carbonyl (C=O) groups is 2. The van der Waals surface area contributed by atoms with Crippen LogP contribution in [0.15, 0.2) is 53.4 Å². The number of aryl methyl sites for hydroxylation is 1. The van der Waals surface area contributed by atoms with Gasteiger partial charge in [-0.25, -0.2) is 13.2 Å². The van der Waals surface area contributed by atoms with Gasteiger partial charge in [-0.05, 0) is 49.6 Å². The van der Waals surface area contributed by atoms with E-state index in [-0.39, 0.29) is 10.8 Å². The number of rotatable bonds is 8. The molecule has 1 aliphatic carbocycles. The van der Waals surface area contributed by atoms with Gasteiger partial charge in [-0.15, -0.1) is 0 Å². The van der Waals surface area contributed by atoms with Gasteiger partial charge in [-0.3, -0.25) is 14.4 Å². The molecule has 2 fully saturated rings. The van der Waals surface area contributed by atoms with E-state index in [1.165, 1.54) is 0 Å². The number of hydrogen-bond acceptors (Lipinski definition) is 6. The maximum Gasteiger partial charge on any atom is 0.490 e. The Labute approximate surface area is 219 Å². The van der Waals surface area contributed by atoms with Gasteiger partial charge in [0, 0.05) is 31.9 Å². The Balaban J connectivity index is 0.000000505. The highest BCUT2D eigenvalue weighted by Gasteiger charge is 2.51. The highest BCUT2D eigenvalue weighted by Crippen LogP contribution is 2.48. The molecule has 2 aromatic rings. The molecular weight excluding hydrogens is 527 g/mol. The lowest BCUT2D eigenvalue weighted by Crippen LogP contribution is -2.43. The van der Waals surface area contributed by atoms with E-state index in [1.807, 2.05) is 19.1 Å². The quantitative estimate of drug-likeness (QED) is 0.456. The molecule has 9 nitrogen and oxygen atoms in total. The fourth-order valence-corrected chi connectivity index (χ4v) is 4.94. The first-order valence-electron chi connectivity index (χ1n) is 11.9. The number of aliphatic carboxylic acids is 1. The summed E-state index contributed by atoms with van der Waals surface area (Å²) in [6, 6.07) is 13.9. The predicted octanol–water partition coefficient (Wildman–Crippen LogP) is 2.91. The van der Waals surface area contributed by atoms with Gasteiger partial charge in [0.25, 0.3) is 10.0 Å². The van der Waals surface area contributed by atoms with Crippen LogP contribution in [-0.4, -0.2) is 75.9 Å². The lowest BCUT2D eigenvalue weighted by Gasteiger charge is -2.27. The third-order valence-electron chi connectivity index (χ3n) is 6.27. The number of hydrogen-bond donors (Lipinski definition) is 3. The van der Waals surface area contributed by atoms with Crippen LogP contribution >= 0.6 is 0 Å². The fourth-order valence-electron chi connectivity index (χ4n) is 3.88. The molecule has 38 heavy (non-hydrogen) atoms. The summed E-state index contributed by atoms with van der Waals surface area (Å²) in [6.07, 6.45) is -3.46. The van der Waals surface area contributed by atoms with E-state index in [9.17, 15) is 26.4 Å². The molecule has 0 bridgehead atoms. The average molecular weight is 558 g/mol. The molecular formula is C25H30F3N3O6S. The van der Waals surface area contributed by atoms with Crippen molar-refractivity contribution in [2.45, 2.75) is 36.3 Å². The van der Waals surface area contributed by atoms with E-state index >= 15 is 0 Å². The number of carbonyl (C=O) groups excluding carboxylic acids is 1. The van der Waals surface area contributed by atoms with Crippen LogP contribution in [0.25, 0.3) is 0 Å². The van der Waals surface area contributed by atoms with Gasteiger partial charge in [0.1, 0.15) is 0 Å². The molecule has 1 aliphatic heterocycles. The topological polar surface area (TPSA) is 125 Å². The van der Waals surface area contributed by atoms with Crippen LogP contribution in [0, 0.1) is 6.92 Å². The number of morpholine rings is 1. The van der Waals surface area contributed by atoms with Crippen LogP contribution < -0.4 is 10.0 Å². The predicted molar refractivity (Wildman–Crippen MR) is 133 cm³/mol. The van der Waals surface area contributed by atoms with E-state index in [1.54, 1.807) is 36.4 Å². The molecule has 208 valence electrons. The number of nitrogens with one attached hydrogen (secondary N) is 2. The van der Waals surface area contributed by atoms with E-state index in [2.05, 4.69) is 14.9 Å². The maximum atomic E-state index is 12.8. The van der Waals surface area contributed by atoms with Crippen LogP contribution in [0.5, 0.6) is 0 Å². The molecule has 2 aliphatic rings. The highest BCUT2D eigenvalue weighted by molar-refractivity contribution is 7.92. The smallest absolute Gasteiger partial charge is 0.475 e. The zero-order valence-electron chi connectivity index (χ0n) is 20.8. The Morgan fingerprint density at radius 1 is 1.03 bits per heavy atom. The van der Waals surface area contributed by atoms with Crippen molar-refractivity contribution in [3.8, 4) is 0 Å². The first kappa shape index (κ1) is 29.4. The van der Waals surface area contributed by atoms with Crippen molar-refractivity contribution < 1.29 is 41.0 Å². The number of sulfonamides is 1. The van der Waals surface area contributed by atoms with Gasteiger partial charge in [-0.1, -0.05) is 29.8 Å². The van der Waals surface area contributed by atoms with E-state index in [4.69, 9.17) is 14.6 Å². The molecule has 0 unspecified atom stereocenters. The van der Waals surface area contributed by atoms with E-state index in [0.717, 1.165) is 56.8 Å². The van der Waals surface area contributed by atoms with E-state index < -0.39 is 27.6 Å². The minimum absolute atomic E-state index is 0.0498. The van der Waals surface area contributed by atoms with Crippen molar-refractivity contribution in [2.24, 2.45) is 0 Å². The van der Waals surface area contributed by atoms with Crippen LogP contribution in [-0.2, 0) is 29.8 Å². The summed E-state index contributed by atoms with van der Waals surface area (Å²) in [6.45, 7) is 6.66. The normalized spacial score (nSPS) is 17.1. The number of carboxylic acids is 1. The SMILES string of the molecule is Cc1ccc(S(=O)(=O)Nc2ccc(C3(C(=O)NCCN4CCOCC4)CC3)cc2)cc1.O=C(O)C(F)(F)F. The largest absolute Gasteiger partial charge is 0.490 e. The van der Waals surface area contributed by atoms with Crippen molar-refractivity contribution in [2.75, 3.05) is 44.1 Å². The number of alkyl halides is 3. The molecule has 1 heterocycles. The summed E-state index contributed by atoms with van der Waals surface area (Å²) in [5.41, 5.74) is 1.92. The Morgan fingerprint density at radius 3 is 2.08 bits per heavy atom. The second-order valence-electron chi connectivity index (χ2n) is 9.09. The van der Waals surface area contributed by atoms with Gasteiger partial charge in [-0.2, -0.15) is 13.2 Å². The minimum Gasteiger partial charge on any atom is -0.475 e. The molecule has 1 saturated carbocycles. The molecule has 13 heteroatoms. The Morgan fingerprint density at radius 2 is 1.58 bits per heavy atom. The monoisotopic (exact) mass is 557 g/mol. The lowest BCUT2D eigenvalue weighted by atomic mass is 9.95. The summed E-state index contributed by atoms with van der Waals surface area (Å²) in [5.74, 6) is -2.71. The minimum atomic E-state index is -5.08. The highest BCUT2D eigenvalue weighted by atomic mass is 32.2. The second-order valence-corrected chi connectivity index (χ2v) is 10.8. The maximum absolute atomic E-state index is 12.8. The zero-order valence-corrected chi connectivity index (χ0v) is 21.6. The standard InChI is InChI=1S/C23H29N3O4S.C2HF3O2/c1-18-2-8-21(9-3-18)31(28,29)25-20-6-4-19(5-7-20)23(10-11-23)22(27)24-12-13-26-14-16-30-17-15-26;3-2(4,5)1(6)7/h2-9,25H,10-17H2,1H3,(H,24,27);(H,6,7). The molecule has 0 radical (unpaired) electrons. The number of nitrogens with zero attached hydrogens (tertiary/aromatic N) is 1. The molecule has 4 rings (SSSR count). The molecule has 1 saturated heterocycles. The summed E-state index contributed by atoms with van der Waals surface area (Å²) in [4.78, 5) is 24.2. The van der Waals surface area contributed by atoms with Crippen molar-refractivity contribution in [1.82, 2.24) is 10.2 Å². The number of anilines is 1. The number of amides is 1. The van der Waals surface area contributed by atoms with Crippen LogP contribution in [0.1, 0.15) is 24.0 Å². The third kappa shape index (κ3) is 7.92. The number of carboxylic acid groups (broad SMARTS) is 1. The van der Waals surface area contributed by atoms with Crippen molar-refractivity contribution in [3.05, 3.63) is 59.7 Å². The molecule has 0 spiro atoms. The Kier molecular flexibility index (Phi) is 9.39. The molecule has 3 N–H and O–H groups in total. The van der Waals surface area contributed by atoms with Crippen molar-refractivity contribution in [3.63, 3.8) is 0 Å². The van der Waals surface area contributed by atoms with Gasteiger partial charge < -0.3 is 15.2 Å². The second kappa shape index (κ2) is 12.1. The third-order valence-corrected chi connectivity index (χ3v) is 7.66. The Hall–Kier alpha value is -3.16. The number of halogens is 3. The Bertz CT molecular complexity index is 1210. The lowest BCUT2D eigenvalue weighted by molar-refractivity contribution is -0.192. The molecule has 0 aromatic heterocycles. The molecule has 2 aromatic carbocycles. The van der Waals surface area contributed by atoms with Gasteiger partial charge >= 0.3 is 12.1 Å². The van der Waals surface area contributed by atoms with Gasteiger partial charge in [0.05, 0.1) is 23.5 Å². The summed E-state index contributed by atoms with van der Waals surface area (Å²) in [7, 11) is -3.64. The zero-order chi connectivity index (χ0) is 28.0. The van der Waals surface area contributed by atoms with Gasteiger partial charge in [0.15, 0.2) is 0 Å². The summed E-state index contributed by atoms with van der Waals surface area (Å²) in [5, 5.41) is 10.2. The molecule has 1 amide bonds. The van der Waals surface area contributed by atoms with Crippen LogP contribution in [0.3, 0.4) is 0 Å². The van der Waals surface area contributed by atoms with Gasteiger partial charge in [0.2, 0.25) is 5.91 Å². The summed E-state index contributed by atoms with van der Waals surface area (Å²) >= 11 is 0. The van der Waals surface area contributed by atoms with Crippen LogP contribution in [0.2, 0.25) is 0 Å². The number of ether oxygens (including phenoxy) is 1. The number of benzene rings is 2. The van der Waals surface area contributed by atoms with Crippen LogP contribution in [0.4, 0.5) is 18.9 Å². The first-order chi connectivity index (χ1) is 17.8.